The van der Waals surface area contributed by atoms with Crippen LogP contribution in [-0.2, 0) is 17.4 Å². The molecule has 1 aliphatic rings. The summed E-state index contributed by atoms with van der Waals surface area (Å²) in [4.78, 5) is 0. The molecule has 0 N–H and O–H groups in total. The first-order valence-electron chi connectivity index (χ1n) is 3.52. The second-order valence-electron chi connectivity index (χ2n) is 2.59. The Morgan fingerprint density at radius 1 is 1.70 bits per heavy atom. The fourth-order valence-electron chi connectivity index (χ4n) is 1.39. The van der Waals surface area contributed by atoms with E-state index in [9.17, 15) is 0 Å². The van der Waals surface area contributed by atoms with E-state index in [1.165, 1.54) is 24.2 Å². The molecule has 0 spiro atoms. The fourth-order valence-corrected chi connectivity index (χ4v) is 1.76. The summed E-state index contributed by atoms with van der Waals surface area (Å²) in [5.41, 5.74) is 2.65. The second kappa shape index (κ2) is 2.53. The SMILES string of the molecule is ICc1cc2n(n1)CCC2. The van der Waals surface area contributed by atoms with Crippen LogP contribution < -0.4 is 0 Å². The van der Waals surface area contributed by atoms with Gasteiger partial charge in [-0.3, -0.25) is 4.68 Å². The minimum absolute atomic E-state index is 1.04. The molecule has 1 aromatic heterocycles. The van der Waals surface area contributed by atoms with Crippen LogP contribution in [0.2, 0.25) is 0 Å². The van der Waals surface area contributed by atoms with Crippen molar-refractivity contribution < 1.29 is 0 Å². The lowest BCUT2D eigenvalue weighted by Gasteiger charge is -1.89. The van der Waals surface area contributed by atoms with Crippen LogP contribution in [0.15, 0.2) is 6.07 Å². The van der Waals surface area contributed by atoms with Crippen molar-refractivity contribution in [2.45, 2.75) is 23.8 Å². The highest BCUT2D eigenvalue weighted by atomic mass is 127. The van der Waals surface area contributed by atoms with Gasteiger partial charge in [-0.05, 0) is 18.9 Å². The maximum absolute atomic E-state index is 4.42. The zero-order valence-corrected chi connectivity index (χ0v) is 7.84. The predicted octanol–water partition coefficient (Wildman–Crippen LogP) is 1.76. The van der Waals surface area contributed by atoms with Gasteiger partial charge in [0.1, 0.15) is 0 Å². The first kappa shape index (κ1) is 6.64. The van der Waals surface area contributed by atoms with Crippen molar-refractivity contribution in [2.75, 3.05) is 0 Å². The lowest BCUT2D eigenvalue weighted by Crippen LogP contribution is -1.94. The maximum Gasteiger partial charge on any atom is 0.0724 e. The normalized spacial score (nSPS) is 15.7. The van der Waals surface area contributed by atoms with E-state index in [4.69, 9.17) is 0 Å². The Kier molecular flexibility index (Phi) is 1.68. The van der Waals surface area contributed by atoms with Gasteiger partial charge in [0.05, 0.1) is 5.69 Å². The highest BCUT2D eigenvalue weighted by molar-refractivity contribution is 14.1. The Morgan fingerprint density at radius 3 is 3.30 bits per heavy atom. The molecule has 0 amide bonds. The number of hydrogen-bond donors (Lipinski definition) is 0. The van der Waals surface area contributed by atoms with Crippen molar-refractivity contribution in [1.82, 2.24) is 9.78 Å². The number of hydrogen-bond acceptors (Lipinski definition) is 1. The molecule has 0 aromatic carbocycles. The van der Waals surface area contributed by atoms with Crippen LogP contribution in [-0.4, -0.2) is 9.78 Å². The van der Waals surface area contributed by atoms with E-state index in [0.29, 0.717) is 0 Å². The van der Waals surface area contributed by atoms with Crippen LogP contribution in [0.1, 0.15) is 17.8 Å². The molecule has 0 radical (unpaired) electrons. The van der Waals surface area contributed by atoms with Crippen LogP contribution >= 0.6 is 22.6 Å². The molecular weight excluding hydrogens is 239 g/mol. The molecule has 0 fully saturated rings. The second-order valence-corrected chi connectivity index (χ2v) is 3.35. The molecule has 10 heavy (non-hydrogen) atoms. The quantitative estimate of drug-likeness (QED) is 0.547. The third-order valence-electron chi connectivity index (χ3n) is 1.85. The van der Waals surface area contributed by atoms with E-state index >= 15 is 0 Å². The summed E-state index contributed by atoms with van der Waals surface area (Å²) in [6.07, 6.45) is 2.51. The van der Waals surface area contributed by atoms with Crippen molar-refractivity contribution in [3.63, 3.8) is 0 Å². The number of nitrogens with zero attached hydrogens (tertiary/aromatic N) is 2. The topological polar surface area (TPSA) is 17.8 Å². The van der Waals surface area contributed by atoms with E-state index in [2.05, 4.69) is 38.4 Å². The minimum atomic E-state index is 1.04. The highest BCUT2D eigenvalue weighted by Gasteiger charge is 2.11. The lowest BCUT2D eigenvalue weighted by molar-refractivity contribution is 0.650. The first-order valence-corrected chi connectivity index (χ1v) is 5.04. The van der Waals surface area contributed by atoms with Gasteiger partial charge < -0.3 is 0 Å². The summed E-state index contributed by atoms with van der Waals surface area (Å²) in [6.45, 7) is 1.13. The van der Waals surface area contributed by atoms with Crippen molar-refractivity contribution in [3.05, 3.63) is 17.5 Å². The molecule has 54 valence electrons. The summed E-state index contributed by atoms with van der Waals surface area (Å²) < 4.78 is 3.17. The average Bonchev–Trinajstić information content (AvgIpc) is 2.42. The van der Waals surface area contributed by atoms with Crippen LogP contribution in [0.3, 0.4) is 0 Å². The molecule has 0 unspecified atom stereocenters. The van der Waals surface area contributed by atoms with Crippen molar-refractivity contribution in [1.29, 1.82) is 0 Å². The van der Waals surface area contributed by atoms with E-state index < -0.39 is 0 Å². The zero-order chi connectivity index (χ0) is 6.97. The van der Waals surface area contributed by atoms with Gasteiger partial charge in [-0.15, -0.1) is 0 Å². The molecule has 1 aromatic rings. The summed E-state index contributed by atoms with van der Waals surface area (Å²) in [7, 11) is 0. The number of aromatic nitrogens is 2. The summed E-state index contributed by atoms with van der Waals surface area (Å²) in [5, 5.41) is 4.42. The highest BCUT2D eigenvalue weighted by Crippen LogP contribution is 2.16. The summed E-state index contributed by atoms with van der Waals surface area (Å²) in [6, 6.07) is 2.22. The van der Waals surface area contributed by atoms with Crippen LogP contribution in [0.4, 0.5) is 0 Å². The van der Waals surface area contributed by atoms with Gasteiger partial charge >= 0.3 is 0 Å². The number of rotatable bonds is 1. The molecule has 0 atom stereocenters. The fraction of sp³-hybridized carbons (Fsp3) is 0.571. The predicted molar refractivity (Wildman–Crippen MR) is 48.3 cm³/mol. The molecule has 2 rings (SSSR count). The smallest absolute Gasteiger partial charge is 0.0724 e. The molecule has 0 saturated heterocycles. The minimum Gasteiger partial charge on any atom is -0.269 e. The van der Waals surface area contributed by atoms with E-state index in [1.807, 2.05) is 0 Å². The lowest BCUT2D eigenvalue weighted by atomic mass is 10.3. The Morgan fingerprint density at radius 2 is 2.60 bits per heavy atom. The molecule has 0 saturated carbocycles. The molecule has 1 aliphatic heterocycles. The Hall–Kier alpha value is -0.0600. The standard InChI is InChI=1S/C7H9IN2/c8-5-6-4-7-2-1-3-10(7)9-6/h4H,1-3,5H2. The maximum atomic E-state index is 4.42. The Bertz CT molecular complexity index is 220. The van der Waals surface area contributed by atoms with Gasteiger partial charge in [0.15, 0.2) is 0 Å². The summed E-state index contributed by atoms with van der Waals surface area (Å²) in [5.74, 6) is 0. The number of fused-ring (bicyclic) bond motifs is 1. The molecule has 0 bridgehead atoms. The molecule has 2 heterocycles. The van der Waals surface area contributed by atoms with E-state index in [0.717, 1.165) is 11.0 Å². The van der Waals surface area contributed by atoms with Crippen molar-refractivity contribution >= 4 is 22.6 Å². The third kappa shape index (κ3) is 0.962. The van der Waals surface area contributed by atoms with E-state index in [-0.39, 0.29) is 0 Å². The Balaban J connectivity index is 2.37. The van der Waals surface area contributed by atoms with Gasteiger partial charge in [0.2, 0.25) is 0 Å². The summed E-state index contributed by atoms with van der Waals surface area (Å²) >= 11 is 2.35. The average molecular weight is 248 g/mol. The number of alkyl halides is 1. The van der Waals surface area contributed by atoms with Crippen molar-refractivity contribution in [3.8, 4) is 0 Å². The van der Waals surface area contributed by atoms with Gasteiger partial charge in [0.25, 0.3) is 0 Å². The monoisotopic (exact) mass is 248 g/mol. The van der Waals surface area contributed by atoms with Crippen LogP contribution in [0.5, 0.6) is 0 Å². The number of halogens is 1. The Labute approximate surface area is 73.8 Å². The molecular formula is C7H9IN2. The van der Waals surface area contributed by atoms with E-state index in [1.54, 1.807) is 0 Å². The van der Waals surface area contributed by atoms with Crippen molar-refractivity contribution in [2.24, 2.45) is 0 Å². The molecule has 2 nitrogen and oxygen atoms in total. The zero-order valence-electron chi connectivity index (χ0n) is 5.68. The van der Waals surface area contributed by atoms with Crippen LogP contribution in [0, 0.1) is 0 Å². The van der Waals surface area contributed by atoms with Gasteiger partial charge in [-0.25, -0.2) is 0 Å². The largest absolute Gasteiger partial charge is 0.269 e. The number of aryl methyl sites for hydroxylation is 2. The van der Waals surface area contributed by atoms with Crippen LogP contribution in [0.25, 0.3) is 0 Å². The first-order chi connectivity index (χ1) is 4.90. The van der Waals surface area contributed by atoms with Gasteiger partial charge in [0, 0.05) is 16.7 Å². The molecule has 3 heteroatoms. The van der Waals surface area contributed by atoms with Gasteiger partial charge in [-0.1, -0.05) is 22.6 Å². The molecule has 0 aliphatic carbocycles. The third-order valence-corrected chi connectivity index (χ3v) is 2.64. The van der Waals surface area contributed by atoms with Gasteiger partial charge in [-0.2, -0.15) is 5.10 Å².